The van der Waals surface area contributed by atoms with Crippen LogP contribution < -0.4 is 11.2 Å². The molecule has 0 radical (unpaired) electrons. The third-order valence-electron chi connectivity index (χ3n) is 2.94. The van der Waals surface area contributed by atoms with Crippen LogP contribution in [0.2, 0.25) is 0 Å². The van der Waals surface area contributed by atoms with Gasteiger partial charge in [-0.1, -0.05) is 18.2 Å². The van der Waals surface area contributed by atoms with Crippen LogP contribution >= 0.6 is 23.1 Å². The first-order valence-corrected chi connectivity index (χ1v) is 8.00. The Morgan fingerprint density at radius 1 is 1.15 bits per heavy atom. The Morgan fingerprint density at radius 2 is 2.00 bits per heavy atom. The molecule has 0 amide bonds. The van der Waals surface area contributed by atoms with Gasteiger partial charge in [-0.15, -0.1) is 23.1 Å². The highest BCUT2D eigenvalue weighted by Crippen LogP contribution is 2.22. The molecular weight excluding hydrogens is 292 g/mol. The smallest absolute Gasteiger partial charge is 0.307 e. The van der Waals surface area contributed by atoms with E-state index in [1.165, 1.54) is 8.78 Å². The highest BCUT2D eigenvalue weighted by Gasteiger charge is 2.06. The van der Waals surface area contributed by atoms with E-state index in [1.807, 2.05) is 17.5 Å². The Hall–Kier alpha value is -1.79. The van der Waals surface area contributed by atoms with Gasteiger partial charge < -0.3 is 4.98 Å². The molecule has 3 rings (SSSR count). The zero-order valence-corrected chi connectivity index (χ0v) is 12.2. The summed E-state index contributed by atoms with van der Waals surface area (Å²) in [4.78, 5) is 27.0. The lowest BCUT2D eigenvalue weighted by atomic mass is 10.2. The molecule has 1 N–H and O–H groups in total. The van der Waals surface area contributed by atoms with Crippen LogP contribution in [-0.2, 0) is 6.54 Å². The predicted molar refractivity (Wildman–Crippen MR) is 83.9 cm³/mol. The van der Waals surface area contributed by atoms with Gasteiger partial charge in [0.05, 0.1) is 15.1 Å². The van der Waals surface area contributed by atoms with Crippen molar-refractivity contribution in [2.45, 2.75) is 10.8 Å². The van der Waals surface area contributed by atoms with Crippen LogP contribution in [0.15, 0.2) is 55.6 Å². The number of nitrogens with zero attached hydrogens (tertiary/aromatic N) is 1. The van der Waals surface area contributed by atoms with Gasteiger partial charge in [-0.2, -0.15) is 0 Å². The van der Waals surface area contributed by atoms with E-state index in [0.29, 0.717) is 23.2 Å². The minimum absolute atomic E-state index is 0.226. The van der Waals surface area contributed by atoms with Gasteiger partial charge in [-0.25, -0.2) is 4.79 Å². The van der Waals surface area contributed by atoms with Gasteiger partial charge in [0.25, 0.3) is 5.56 Å². The zero-order valence-electron chi connectivity index (χ0n) is 10.5. The summed E-state index contributed by atoms with van der Waals surface area (Å²) in [5.41, 5.74) is 0.0151. The molecule has 0 atom stereocenters. The van der Waals surface area contributed by atoms with Crippen molar-refractivity contribution < 1.29 is 0 Å². The number of para-hydroxylation sites is 1. The lowest BCUT2D eigenvalue weighted by molar-refractivity contribution is 0.691. The summed E-state index contributed by atoms with van der Waals surface area (Å²) in [7, 11) is 0. The first-order valence-electron chi connectivity index (χ1n) is 6.14. The molecule has 0 spiro atoms. The third-order valence-corrected chi connectivity index (χ3v) is 5.05. The fraction of sp³-hybridized carbons (Fsp3) is 0.143. The predicted octanol–water partition coefficient (Wildman–Crippen LogP) is 2.54. The molecule has 3 aromatic rings. The summed E-state index contributed by atoms with van der Waals surface area (Å²) >= 11 is 3.31. The molecule has 4 nitrogen and oxygen atoms in total. The first-order chi connectivity index (χ1) is 9.75. The number of aromatic amines is 1. The number of rotatable bonds is 4. The van der Waals surface area contributed by atoms with Crippen LogP contribution in [0.3, 0.4) is 0 Å². The normalized spacial score (nSPS) is 11.0. The number of hydrogen-bond donors (Lipinski definition) is 1. The average molecular weight is 304 g/mol. The molecule has 2 aromatic heterocycles. The summed E-state index contributed by atoms with van der Waals surface area (Å²) in [5, 5.41) is 2.56. The molecule has 1 aromatic carbocycles. The highest BCUT2D eigenvalue weighted by atomic mass is 32.2. The zero-order chi connectivity index (χ0) is 13.9. The van der Waals surface area contributed by atoms with Crippen LogP contribution in [0, 0.1) is 0 Å². The van der Waals surface area contributed by atoms with Crippen molar-refractivity contribution in [3.63, 3.8) is 0 Å². The lowest BCUT2D eigenvalue weighted by Crippen LogP contribution is -2.35. The molecule has 0 aliphatic heterocycles. The van der Waals surface area contributed by atoms with Gasteiger partial charge in [-0.3, -0.25) is 9.36 Å². The maximum absolute atomic E-state index is 12.3. The Bertz CT molecular complexity index is 834. The van der Waals surface area contributed by atoms with Gasteiger partial charge in [0.15, 0.2) is 0 Å². The van der Waals surface area contributed by atoms with E-state index < -0.39 is 0 Å². The summed E-state index contributed by atoms with van der Waals surface area (Å²) in [6, 6.07) is 11.1. The molecular formula is C14H12N2O2S2. The van der Waals surface area contributed by atoms with E-state index in [-0.39, 0.29) is 11.2 Å². The van der Waals surface area contributed by atoms with Crippen molar-refractivity contribution in [1.29, 1.82) is 0 Å². The van der Waals surface area contributed by atoms with Crippen molar-refractivity contribution in [3.8, 4) is 0 Å². The van der Waals surface area contributed by atoms with Crippen molar-refractivity contribution in [2.75, 3.05) is 5.75 Å². The lowest BCUT2D eigenvalue weighted by Gasteiger charge is -2.05. The topological polar surface area (TPSA) is 54.9 Å². The molecule has 102 valence electrons. The van der Waals surface area contributed by atoms with Crippen molar-refractivity contribution >= 4 is 34.0 Å². The quantitative estimate of drug-likeness (QED) is 0.754. The number of nitrogens with one attached hydrogen (secondary N) is 1. The molecule has 2 heterocycles. The number of fused-ring (bicyclic) bond motifs is 1. The maximum atomic E-state index is 12.3. The van der Waals surface area contributed by atoms with E-state index in [4.69, 9.17) is 0 Å². The first kappa shape index (κ1) is 13.2. The van der Waals surface area contributed by atoms with Gasteiger partial charge in [0, 0.05) is 12.3 Å². The van der Waals surface area contributed by atoms with E-state index >= 15 is 0 Å². The van der Waals surface area contributed by atoms with E-state index in [2.05, 4.69) is 4.98 Å². The third kappa shape index (κ3) is 2.57. The second-order valence-corrected chi connectivity index (χ2v) is 6.56. The number of H-pyrrole nitrogens is 1. The molecule has 20 heavy (non-hydrogen) atoms. The average Bonchev–Trinajstić information content (AvgIpc) is 2.96. The van der Waals surface area contributed by atoms with Crippen LogP contribution in [0.5, 0.6) is 0 Å². The fourth-order valence-electron chi connectivity index (χ4n) is 1.99. The Labute approximate surface area is 123 Å². The van der Waals surface area contributed by atoms with Crippen LogP contribution in [0.4, 0.5) is 0 Å². The number of thiophene rings is 1. The van der Waals surface area contributed by atoms with Crippen LogP contribution in [-0.4, -0.2) is 15.3 Å². The SMILES string of the molecule is O=c1[nH]c2ccccc2c(=O)n1CCSc1cccs1. The summed E-state index contributed by atoms with van der Waals surface area (Å²) in [6.07, 6.45) is 0. The molecule has 0 unspecified atom stereocenters. The monoisotopic (exact) mass is 304 g/mol. The maximum Gasteiger partial charge on any atom is 0.328 e. The van der Waals surface area contributed by atoms with Crippen LogP contribution in [0.1, 0.15) is 0 Å². The number of aromatic nitrogens is 2. The standard InChI is InChI=1S/C14H12N2O2S2/c17-13-10-4-1-2-5-11(10)15-14(18)16(13)7-9-20-12-6-3-8-19-12/h1-6,8H,7,9H2,(H,15,18). The molecule has 0 saturated heterocycles. The van der Waals surface area contributed by atoms with Gasteiger partial charge in [0.2, 0.25) is 0 Å². The van der Waals surface area contributed by atoms with Gasteiger partial charge >= 0.3 is 5.69 Å². The minimum Gasteiger partial charge on any atom is -0.307 e. The van der Waals surface area contributed by atoms with Crippen molar-refractivity contribution in [1.82, 2.24) is 9.55 Å². The van der Waals surface area contributed by atoms with Gasteiger partial charge in [-0.05, 0) is 23.6 Å². The molecule has 0 saturated carbocycles. The Kier molecular flexibility index (Phi) is 3.75. The molecule has 6 heteroatoms. The second kappa shape index (κ2) is 5.68. The van der Waals surface area contributed by atoms with Crippen molar-refractivity contribution in [2.24, 2.45) is 0 Å². The van der Waals surface area contributed by atoms with Gasteiger partial charge in [0.1, 0.15) is 0 Å². The van der Waals surface area contributed by atoms with E-state index in [1.54, 1.807) is 47.4 Å². The van der Waals surface area contributed by atoms with Crippen LogP contribution in [0.25, 0.3) is 10.9 Å². The number of hydrogen-bond acceptors (Lipinski definition) is 4. The number of thioether (sulfide) groups is 1. The second-order valence-electron chi connectivity index (χ2n) is 4.21. The largest absolute Gasteiger partial charge is 0.328 e. The molecule has 0 fully saturated rings. The van der Waals surface area contributed by atoms with E-state index in [0.717, 1.165) is 0 Å². The van der Waals surface area contributed by atoms with Crippen molar-refractivity contribution in [3.05, 3.63) is 62.6 Å². The number of benzene rings is 1. The minimum atomic E-state index is -0.347. The Morgan fingerprint density at radius 3 is 2.80 bits per heavy atom. The summed E-state index contributed by atoms with van der Waals surface area (Å²) < 4.78 is 2.46. The molecule has 0 aliphatic carbocycles. The fourth-order valence-corrected chi connectivity index (χ4v) is 3.77. The molecule has 0 bridgehead atoms. The summed E-state index contributed by atoms with van der Waals surface area (Å²) in [5.74, 6) is 0.696. The van der Waals surface area contributed by atoms with E-state index in [9.17, 15) is 9.59 Å². The Balaban J connectivity index is 1.88. The summed E-state index contributed by atoms with van der Waals surface area (Å²) in [6.45, 7) is 0.404. The molecule has 0 aliphatic rings. The highest BCUT2D eigenvalue weighted by molar-refractivity contribution is 8.01.